The molecule has 5 heteroatoms. The summed E-state index contributed by atoms with van der Waals surface area (Å²) in [4.78, 5) is 11.5. The molecular weight excluding hydrogens is 262 g/mol. The number of nitrogen functional groups attached to an aromatic ring is 1. The largest absolute Gasteiger partial charge is 0.399 e. The van der Waals surface area contributed by atoms with Gasteiger partial charge in [0.25, 0.3) is 5.91 Å². The van der Waals surface area contributed by atoms with Crippen LogP contribution < -0.4 is 16.8 Å². The molecule has 1 aromatic rings. The van der Waals surface area contributed by atoms with Crippen LogP contribution in [0.5, 0.6) is 0 Å². The Kier molecular flexibility index (Phi) is 3.90. The van der Waals surface area contributed by atoms with Crippen molar-refractivity contribution >= 4 is 28.9 Å². The van der Waals surface area contributed by atoms with Gasteiger partial charge < -0.3 is 16.8 Å². The standard InChI is InChI=1S/C14H20ClN3O/c1-14(5-3-2-4-6-14)18-12-10(13(17)19)7-9(16)8-11(12)15/h7-8,18H,2-6,16H2,1H3,(H2,17,19). The molecule has 0 unspecified atom stereocenters. The zero-order valence-electron chi connectivity index (χ0n) is 11.1. The van der Waals surface area contributed by atoms with Gasteiger partial charge in [0, 0.05) is 11.2 Å². The van der Waals surface area contributed by atoms with E-state index in [-0.39, 0.29) is 5.54 Å². The molecule has 0 aliphatic heterocycles. The number of halogens is 1. The fourth-order valence-corrected chi connectivity index (χ4v) is 2.98. The van der Waals surface area contributed by atoms with Crippen molar-refractivity contribution in [1.29, 1.82) is 0 Å². The Morgan fingerprint density at radius 1 is 1.32 bits per heavy atom. The van der Waals surface area contributed by atoms with Crippen LogP contribution in [0.25, 0.3) is 0 Å². The van der Waals surface area contributed by atoms with Crippen LogP contribution in [0.1, 0.15) is 49.4 Å². The average Bonchev–Trinajstić information content (AvgIpc) is 2.33. The van der Waals surface area contributed by atoms with Crippen LogP contribution in [0.15, 0.2) is 12.1 Å². The summed E-state index contributed by atoms with van der Waals surface area (Å²) in [5.74, 6) is -0.517. The molecule has 1 amide bonds. The van der Waals surface area contributed by atoms with Crippen molar-refractivity contribution in [2.75, 3.05) is 11.1 Å². The minimum Gasteiger partial charge on any atom is -0.399 e. The first-order valence-electron chi connectivity index (χ1n) is 6.58. The first-order chi connectivity index (χ1) is 8.91. The van der Waals surface area contributed by atoms with Crippen molar-refractivity contribution in [3.05, 3.63) is 22.7 Å². The second-order valence-electron chi connectivity index (χ2n) is 5.54. The SMILES string of the molecule is CC1(Nc2c(Cl)cc(N)cc2C(N)=O)CCCCC1. The molecule has 1 saturated carbocycles. The molecule has 0 bridgehead atoms. The van der Waals surface area contributed by atoms with Gasteiger partial charge in [-0.3, -0.25) is 4.79 Å². The van der Waals surface area contributed by atoms with Gasteiger partial charge in [-0.25, -0.2) is 0 Å². The number of carbonyl (C=O) groups excluding carboxylic acids is 1. The van der Waals surface area contributed by atoms with Crippen molar-refractivity contribution < 1.29 is 4.79 Å². The Hall–Kier alpha value is -1.42. The van der Waals surface area contributed by atoms with Crippen molar-refractivity contribution in [2.24, 2.45) is 5.73 Å². The molecular formula is C14H20ClN3O. The van der Waals surface area contributed by atoms with Gasteiger partial charge >= 0.3 is 0 Å². The van der Waals surface area contributed by atoms with Gasteiger partial charge in [-0.2, -0.15) is 0 Å². The summed E-state index contributed by atoms with van der Waals surface area (Å²) in [6.45, 7) is 2.16. The molecule has 1 aliphatic carbocycles. The summed E-state index contributed by atoms with van der Waals surface area (Å²) in [6, 6.07) is 3.21. The molecule has 0 atom stereocenters. The molecule has 1 aliphatic rings. The lowest BCUT2D eigenvalue weighted by atomic mass is 9.83. The number of benzene rings is 1. The molecule has 0 spiro atoms. The zero-order valence-corrected chi connectivity index (χ0v) is 11.9. The lowest BCUT2D eigenvalue weighted by Gasteiger charge is -2.36. The van der Waals surface area contributed by atoms with E-state index in [4.69, 9.17) is 23.1 Å². The van der Waals surface area contributed by atoms with E-state index < -0.39 is 5.91 Å². The maximum Gasteiger partial charge on any atom is 0.250 e. The van der Waals surface area contributed by atoms with Crippen molar-refractivity contribution in [3.8, 4) is 0 Å². The number of nitrogens with two attached hydrogens (primary N) is 2. The summed E-state index contributed by atoms with van der Waals surface area (Å²) < 4.78 is 0. The molecule has 104 valence electrons. The molecule has 5 N–H and O–H groups in total. The van der Waals surface area contributed by atoms with Crippen LogP contribution in [0.4, 0.5) is 11.4 Å². The Bertz CT molecular complexity index is 496. The van der Waals surface area contributed by atoms with Crippen LogP contribution in [0, 0.1) is 0 Å². The van der Waals surface area contributed by atoms with E-state index in [1.807, 2.05) is 0 Å². The fourth-order valence-electron chi connectivity index (χ4n) is 2.71. The lowest BCUT2D eigenvalue weighted by molar-refractivity contribution is 0.100. The maximum absolute atomic E-state index is 11.5. The summed E-state index contributed by atoms with van der Waals surface area (Å²) in [5, 5.41) is 3.86. The van der Waals surface area contributed by atoms with Gasteiger partial charge in [0.05, 0.1) is 16.3 Å². The van der Waals surface area contributed by atoms with E-state index in [0.29, 0.717) is 22.0 Å². The number of hydrogen-bond donors (Lipinski definition) is 3. The molecule has 4 nitrogen and oxygen atoms in total. The number of primary amides is 1. The second-order valence-corrected chi connectivity index (χ2v) is 5.94. The summed E-state index contributed by atoms with van der Waals surface area (Å²) in [5.41, 5.74) is 12.5. The van der Waals surface area contributed by atoms with Gasteiger partial charge in [0.2, 0.25) is 0 Å². The highest BCUT2D eigenvalue weighted by molar-refractivity contribution is 6.34. The lowest BCUT2D eigenvalue weighted by Crippen LogP contribution is -2.37. The number of carbonyl (C=O) groups is 1. The first-order valence-corrected chi connectivity index (χ1v) is 6.96. The van der Waals surface area contributed by atoms with E-state index in [9.17, 15) is 4.79 Å². The Morgan fingerprint density at radius 2 is 1.95 bits per heavy atom. The van der Waals surface area contributed by atoms with Gasteiger partial charge in [-0.1, -0.05) is 30.9 Å². The van der Waals surface area contributed by atoms with Crippen LogP contribution in [-0.2, 0) is 0 Å². The van der Waals surface area contributed by atoms with Crippen molar-refractivity contribution in [3.63, 3.8) is 0 Å². The van der Waals surface area contributed by atoms with Crippen molar-refractivity contribution in [2.45, 2.75) is 44.6 Å². The van der Waals surface area contributed by atoms with E-state index in [1.165, 1.54) is 19.3 Å². The first kappa shape index (κ1) is 14.0. The average molecular weight is 282 g/mol. The Morgan fingerprint density at radius 3 is 2.53 bits per heavy atom. The minimum atomic E-state index is -0.517. The maximum atomic E-state index is 11.5. The molecule has 0 aromatic heterocycles. The molecule has 19 heavy (non-hydrogen) atoms. The van der Waals surface area contributed by atoms with Crippen LogP contribution in [0.2, 0.25) is 5.02 Å². The number of amides is 1. The fraction of sp³-hybridized carbons (Fsp3) is 0.500. The number of rotatable bonds is 3. The quantitative estimate of drug-likeness (QED) is 0.745. The molecule has 0 radical (unpaired) electrons. The Labute approximate surface area is 118 Å². The molecule has 0 heterocycles. The summed E-state index contributed by atoms with van der Waals surface area (Å²) in [7, 11) is 0. The zero-order chi connectivity index (χ0) is 14.0. The molecule has 1 fully saturated rings. The third-order valence-corrected chi connectivity index (χ3v) is 4.06. The minimum absolute atomic E-state index is 0.0395. The smallest absolute Gasteiger partial charge is 0.250 e. The third-order valence-electron chi connectivity index (χ3n) is 3.76. The molecule has 0 saturated heterocycles. The van der Waals surface area contributed by atoms with Crippen LogP contribution in [-0.4, -0.2) is 11.4 Å². The summed E-state index contributed by atoms with van der Waals surface area (Å²) in [6.07, 6.45) is 5.75. The van der Waals surface area contributed by atoms with Gasteiger partial charge in [0.15, 0.2) is 0 Å². The predicted octanol–water partition coefficient (Wildman–Crippen LogP) is 3.16. The van der Waals surface area contributed by atoms with Crippen LogP contribution >= 0.6 is 11.6 Å². The van der Waals surface area contributed by atoms with Gasteiger partial charge in [-0.05, 0) is 31.9 Å². The third kappa shape index (κ3) is 3.13. The van der Waals surface area contributed by atoms with E-state index in [1.54, 1.807) is 12.1 Å². The monoisotopic (exact) mass is 281 g/mol. The highest BCUT2D eigenvalue weighted by atomic mass is 35.5. The highest BCUT2D eigenvalue weighted by Gasteiger charge is 2.28. The van der Waals surface area contributed by atoms with Crippen molar-refractivity contribution in [1.82, 2.24) is 0 Å². The van der Waals surface area contributed by atoms with Gasteiger partial charge in [0.1, 0.15) is 0 Å². The van der Waals surface area contributed by atoms with E-state index in [0.717, 1.165) is 12.8 Å². The highest BCUT2D eigenvalue weighted by Crippen LogP contribution is 2.36. The van der Waals surface area contributed by atoms with Gasteiger partial charge in [-0.15, -0.1) is 0 Å². The molecule has 1 aromatic carbocycles. The molecule has 2 rings (SSSR count). The number of hydrogen-bond acceptors (Lipinski definition) is 3. The Balaban J connectivity index is 2.35. The normalized spacial score (nSPS) is 18.0. The predicted molar refractivity (Wildman–Crippen MR) is 79.5 cm³/mol. The number of anilines is 2. The van der Waals surface area contributed by atoms with E-state index in [2.05, 4.69) is 12.2 Å². The summed E-state index contributed by atoms with van der Waals surface area (Å²) >= 11 is 6.21. The second kappa shape index (κ2) is 5.29. The topological polar surface area (TPSA) is 81.1 Å². The van der Waals surface area contributed by atoms with E-state index >= 15 is 0 Å². The van der Waals surface area contributed by atoms with Crippen LogP contribution in [0.3, 0.4) is 0 Å². The number of nitrogens with one attached hydrogen (secondary N) is 1.